The highest BCUT2D eigenvalue weighted by Gasteiger charge is 2.15. The first-order valence-electron chi connectivity index (χ1n) is 6.95. The normalized spacial score (nSPS) is 10.5. The number of methoxy groups -OCH3 is 1. The highest BCUT2D eigenvalue weighted by atomic mass is 32.2. The minimum atomic E-state index is -3.92. The summed E-state index contributed by atoms with van der Waals surface area (Å²) in [5, 5.41) is 5.07. The standard InChI is InChI=1S/C14H17N3O6S2/c1-9(18)17-25(21,22)11-5-3-10(4-6-11)15-14(24)16-12(19)7-8-13(20)23-2/h3-6H,7-8H2,1-2H3,(H,17,18)(H2,15,16,19,24). The van der Waals surface area contributed by atoms with E-state index in [2.05, 4.69) is 15.4 Å². The molecule has 2 amide bonds. The van der Waals surface area contributed by atoms with E-state index < -0.39 is 27.8 Å². The molecule has 0 saturated carbocycles. The second-order valence-corrected chi connectivity index (χ2v) is 6.86. The summed E-state index contributed by atoms with van der Waals surface area (Å²) in [7, 11) is -2.69. The summed E-state index contributed by atoms with van der Waals surface area (Å²) >= 11 is 4.95. The van der Waals surface area contributed by atoms with Crippen LogP contribution in [0.15, 0.2) is 29.2 Å². The van der Waals surface area contributed by atoms with Crippen LogP contribution in [-0.4, -0.2) is 38.4 Å². The predicted molar refractivity (Wildman–Crippen MR) is 93.1 cm³/mol. The largest absolute Gasteiger partial charge is 0.469 e. The number of nitrogens with one attached hydrogen (secondary N) is 3. The number of hydrogen-bond donors (Lipinski definition) is 3. The highest BCUT2D eigenvalue weighted by Crippen LogP contribution is 2.14. The Morgan fingerprint density at radius 1 is 1.12 bits per heavy atom. The van der Waals surface area contributed by atoms with Crippen LogP contribution < -0.4 is 15.4 Å². The first-order chi connectivity index (χ1) is 11.6. The number of rotatable bonds is 6. The Balaban J connectivity index is 2.60. The number of esters is 1. The second-order valence-electron chi connectivity index (χ2n) is 4.76. The molecule has 0 fully saturated rings. The summed E-state index contributed by atoms with van der Waals surface area (Å²) in [5.74, 6) is -1.67. The lowest BCUT2D eigenvalue weighted by Gasteiger charge is -2.10. The van der Waals surface area contributed by atoms with Gasteiger partial charge in [0.25, 0.3) is 10.0 Å². The highest BCUT2D eigenvalue weighted by molar-refractivity contribution is 7.90. The van der Waals surface area contributed by atoms with E-state index >= 15 is 0 Å². The number of amides is 2. The number of thiocarbonyl (C=S) groups is 1. The molecule has 0 radical (unpaired) electrons. The third-order valence-electron chi connectivity index (χ3n) is 2.74. The van der Waals surface area contributed by atoms with Crippen molar-refractivity contribution in [2.24, 2.45) is 0 Å². The Bertz CT molecular complexity index is 774. The summed E-state index contributed by atoms with van der Waals surface area (Å²) in [4.78, 5) is 33.3. The Morgan fingerprint density at radius 3 is 2.24 bits per heavy atom. The number of benzene rings is 1. The number of ether oxygens (including phenoxy) is 1. The van der Waals surface area contributed by atoms with E-state index in [-0.39, 0.29) is 22.8 Å². The molecule has 1 aromatic carbocycles. The SMILES string of the molecule is COC(=O)CCC(=O)NC(=S)Nc1ccc(S(=O)(=O)NC(C)=O)cc1. The van der Waals surface area contributed by atoms with Crippen molar-refractivity contribution < 1.29 is 27.5 Å². The van der Waals surface area contributed by atoms with Gasteiger partial charge in [-0.05, 0) is 36.5 Å². The Morgan fingerprint density at radius 2 is 1.72 bits per heavy atom. The van der Waals surface area contributed by atoms with Crippen LogP contribution in [0.2, 0.25) is 0 Å². The number of anilines is 1. The van der Waals surface area contributed by atoms with Gasteiger partial charge < -0.3 is 15.4 Å². The van der Waals surface area contributed by atoms with Gasteiger partial charge in [-0.15, -0.1) is 0 Å². The van der Waals surface area contributed by atoms with Crippen LogP contribution in [0.1, 0.15) is 19.8 Å². The summed E-state index contributed by atoms with van der Waals surface area (Å²) < 4.78 is 29.9. The van der Waals surface area contributed by atoms with E-state index in [1.807, 2.05) is 4.72 Å². The average molecular weight is 387 g/mol. The van der Waals surface area contributed by atoms with Crippen LogP contribution in [0, 0.1) is 0 Å². The second kappa shape index (κ2) is 9.08. The Kier molecular flexibility index (Phi) is 7.45. The van der Waals surface area contributed by atoms with E-state index in [9.17, 15) is 22.8 Å². The van der Waals surface area contributed by atoms with E-state index in [0.29, 0.717) is 5.69 Å². The molecule has 0 saturated heterocycles. The lowest BCUT2D eigenvalue weighted by Crippen LogP contribution is -2.34. The minimum absolute atomic E-state index is 0.00710. The van der Waals surface area contributed by atoms with Crippen molar-refractivity contribution in [1.82, 2.24) is 10.0 Å². The van der Waals surface area contributed by atoms with Gasteiger partial charge in [0.15, 0.2) is 5.11 Å². The average Bonchev–Trinajstić information content (AvgIpc) is 2.51. The van der Waals surface area contributed by atoms with Gasteiger partial charge in [-0.1, -0.05) is 0 Å². The van der Waals surface area contributed by atoms with Gasteiger partial charge in [0.1, 0.15) is 0 Å². The van der Waals surface area contributed by atoms with E-state index in [0.717, 1.165) is 6.92 Å². The summed E-state index contributed by atoms with van der Waals surface area (Å²) in [6, 6.07) is 5.38. The molecule has 9 nitrogen and oxygen atoms in total. The van der Waals surface area contributed by atoms with Crippen LogP contribution in [0.5, 0.6) is 0 Å². The number of carbonyl (C=O) groups is 3. The molecular formula is C14H17N3O6S2. The maximum atomic E-state index is 11.8. The Hall–Kier alpha value is -2.53. The van der Waals surface area contributed by atoms with Gasteiger partial charge in [-0.25, -0.2) is 13.1 Å². The van der Waals surface area contributed by atoms with Gasteiger partial charge in [-0.3, -0.25) is 14.4 Å². The maximum absolute atomic E-state index is 11.8. The van der Waals surface area contributed by atoms with E-state index in [1.165, 1.54) is 31.4 Å². The van der Waals surface area contributed by atoms with Crippen molar-refractivity contribution in [2.75, 3.05) is 12.4 Å². The molecule has 1 aromatic rings. The van der Waals surface area contributed by atoms with Crippen molar-refractivity contribution in [3.8, 4) is 0 Å². The zero-order valence-electron chi connectivity index (χ0n) is 13.5. The fourth-order valence-corrected chi connectivity index (χ4v) is 2.86. The van der Waals surface area contributed by atoms with Crippen LogP contribution in [0.25, 0.3) is 0 Å². The van der Waals surface area contributed by atoms with Crippen molar-refractivity contribution in [2.45, 2.75) is 24.7 Å². The van der Waals surface area contributed by atoms with Crippen molar-refractivity contribution in [3.63, 3.8) is 0 Å². The fraction of sp³-hybridized carbons (Fsp3) is 0.286. The molecule has 0 aromatic heterocycles. The smallest absolute Gasteiger partial charge is 0.306 e. The van der Waals surface area contributed by atoms with Crippen molar-refractivity contribution >= 4 is 50.8 Å². The molecule has 0 heterocycles. The van der Waals surface area contributed by atoms with Gasteiger partial charge in [0.2, 0.25) is 11.8 Å². The first-order valence-corrected chi connectivity index (χ1v) is 8.84. The first kappa shape index (κ1) is 20.5. The molecular weight excluding hydrogens is 370 g/mol. The van der Waals surface area contributed by atoms with Crippen LogP contribution in [0.4, 0.5) is 5.69 Å². The molecule has 0 aliphatic heterocycles. The van der Waals surface area contributed by atoms with E-state index in [4.69, 9.17) is 12.2 Å². The zero-order chi connectivity index (χ0) is 19.0. The number of hydrogen-bond acceptors (Lipinski definition) is 7. The third-order valence-corrected chi connectivity index (χ3v) is 4.39. The lowest BCUT2D eigenvalue weighted by molar-refractivity contribution is -0.142. The zero-order valence-corrected chi connectivity index (χ0v) is 15.1. The van der Waals surface area contributed by atoms with Crippen molar-refractivity contribution in [3.05, 3.63) is 24.3 Å². The van der Waals surface area contributed by atoms with Crippen LogP contribution in [-0.2, 0) is 29.1 Å². The van der Waals surface area contributed by atoms with E-state index in [1.54, 1.807) is 0 Å². The van der Waals surface area contributed by atoms with Gasteiger partial charge in [0, 0.05) is 19.0 Å². The molecule has 0 atom stereocenters. The summed E-state index contributed by atoms with van der Waals surface area (Å²) in [5.41, 5.74) is 0.431. The van der Waals surface area contributed by atoms with Gasteiger partial charge >= 0.3 is 5.97 Å². The molecule has 0 aliphatic carbocycles. The quantitative estimate of drug-likeness (QED) is 0.469. The molecule has 0 aliphatic rings. The third kappa shape index (κ3) is 7.27. The number of carbonyl (C=O) groups excluding carboxylic acids is 3. The molecule has 136 valence electrons. The Labute approximate surface area is 150 Å². The maximum Gasteiger partial charge on any atom is 0.306 e. The molecule has 0 unspecified atom stereocenters. The molecule has 3 N–H and O–H groups in total. The fourth-order valence-electron chi connectivity index (χ4n) is 1.63. The molecule has 11 heteroatoms. The summed E-state index contributed by atoms with van der Waals surface area (Å²) in [6.45, 7) is 1.09. The van der Waals surface area contributed by atoms with Gasteiger partial charge in [0.05, 0.1) is 18.4 Å². The number of sulfonamides is 1. The minimum Gasteiger partial charge on any atom is -0.469 e. The predicted octanol–water partition coefficient (Wildman–Crippen LogP) is 0.278. The summed E-state index contributed by atoms with van der Waals surface area (Å²) in [6.07, 6.45) is -0.150. The van der Waals surface area contributed by atoms with Crippen LogP contribution >= 0.6 is 12.2 Å². The molecule has 1 rings (SSSR count). The molecule has 25 heavy (non-hydrogen) atoms. The molecule has 0 bridgehead atoms. The van der Waals surface area contributed by atoms with Crippen LogP contribution in [0.3, 0.4) is 0 Å². The lowest BCUT2D eigenvalue weighted by atomic mass is 10.3. The monoisotopic (exact) mass is 387 g/mol. The molecule has 0 spiro atoms. The van der Waals surface area contributed by atoms with Crippen molar-refractivity contribution in [1.29, 1.82) is 0 Å². The topological polar surface area (TPSA) is 131 Å². The van der Waals surface area contributed by atoms with Gasteiger partial charge in [-0.2, -0.15) is 0 Å².